The molecule has 2 N–H and O–H groups in total. The van der Waals surface area contributed by atoms with Crippen molar-refractivity contribution in [2.24, 2.45) is 5.73 Å². The molecule has 15 heavy (non-hydrogen) atoms. The van der Waals surface area contributed by atoms with Crippen LogP contribution in [0.3, 0.4) is 0 Å². The van der Waals surface area contributed by atoms with E-state index in [0.29, 0.717) is 0 Å². The van der Waals surface area contributed by atoms with Crippen LogP contribution in [0.2, 0.25) is 0 Å². The van der Waals surface area contributed by atoms with E-state index in [2.05, 4.69) is 26.1 Å². The normalized spacial score (nSPS) is 12.7. The Morgan fingerprint density at radius 1 is 1.33 bits per heavy atom. The maximum atomic E-state index is 5.74. The minimum Gasteiger partial charge on any atom is -0.322 e. The van der Waals surface area contributed by atoms with Crippen molar-refractivity contribution in [2.75, 3.05) is 0 Å². The summed E-state index contributed by atoms with van der Waals surface area (Å²) >= 11 is 5.02. The monoisotopic (exact) mass is 283 g/mol. The van der Waals surface area contributed by atoms with Crippen molar-refractivity contribution in [3.05, 3.63) is 33.7 Å². The van der Waals surface area contributed by atoms with Crippen molar-refractivity contribution in [2.45, 2.75) is 13.0 Å². The van der Waals surface area contributed by atoms with Crippen molar-refractivity contribution in [1.29, 1.82) is 0 Å². The molecule has 0 amide bonds. The Labute approximate surface area is 100 Å². The maximum absolute atomic E-state index is 5.74. The van der Waals surface area contributed by atoms with Crippen molar-refractivity contribution < 1.29 is 0 Å². The first-order valence-corrected chi connectivity index (χ1v) is 6.13. The Hall–Kier alpha value is -0.780. The highest BCUT2D eigenvalue weighted by Gasteiger charge is 2.11. The summed E-state index contributed by atoms with van der Waals surface area (Å²) in [5.74, 6) is 0. The Balaban J connectivity index is 2.42. The summed E-state index contributed by atoms with van der Waals surface area (Å²) in [5.41, 5.74) is 6.80. The topological polar surface area (TPSA) is 51.8 Å². The fourth-order valence-electron chi connectivity index (χ4n) is 1.16. The molecule has 0 aliphatic heterocycles. The van der Waals surface area contributed by atoms with Gasteiger partial charge < -0.3 is 5.73 Å². The number of hydrogen-bond donors (Lipinski definition) is 1. The lowest BCUT2D eigenvalue weighted by Crippen LogP contribution is -2.03. The number of halogens is 1. The smallest absolute Gasteiger partial charge is 0.148 e. The van der Waals surface area contributed by atoms with E-state index in [1.165, 1.54) is 11.3 Å². The van der Waals surface area contributed by atoms with Gasteiger partial charge in [0.2, 0.25) is 0 Å². The fraction of sp³-hybridized carbons (Fsp3) is 0.200. The highest BCUT2D eigenvalue weighted by molar-refractivity contribution is 9.10. The highest BCUT2D eigenvalue weighted by atomic mass is 79.9. The first-order valence-electron chi connectivity index (χ1n) is 4.52. The first kappa shape index (κ1) is 10.7. The molecule has 0 aliphatic carbocycles. The lowest BCUT2D eigenvalue weighted by atomic mass is 10.2. The van der Waals surface area contributed by atoms with E-state index in [4.69, 9.17) is 5.73 Å². The maximum Gasteiger partial charge on any atom is 0.148 e. The molecule has 0 spiro atoms. The summed E-state index contributed by atoms with van der Waals surface area (Å²) in [6, 6.07) is 7.89. The second-order valence-electron chi connectivity index (χ2n) is 3.21. The molecule has 0 saturated carbocycles. The molecule has 0 bridgehead atoms. The van der Waals surface area contributed by atoms with Crippen LogP contribution < -0.4 is 5.73 Å². The zero-order valence-corrected chi connectivity index (χ0v) is 10.5. The molecule has 5 heteroatoms. The van der Waals surface area contributed by atoms with Crippen molar-refractivity contribution in [1.82, 2.24) is 10.2 Å². The molecule has 3 nitrogen and oxygen atoms in total. The first-order chi connectivity index (χ1) is 7.18. The van der Waals surface area contributed by atoms with Gasteiger partial charge in [0.25, 0.3) is 0 Å². The molecule has 0 radical (unpaired) electrons. The summed E-state index contributed by atoms with van der Waals surface area (Å²) < 4.78 is 1.03. The summed E-state index contributed by atoms with van der Waals surface area (Å²) in [5, 5.41) is 9.94. The fourth-order valence-corrected chi connectivity index (χ4v) is 2.60. The molecule has 78 valence electrons. The lowest BCUT2D eigenvalue weighted by Gasteiger charge is -1.98. The number of rotatable bonds is 2. The third-order valence-electron chi connectivity index (χ3n) is 1.93. The zero-order chi connectivity index (χ0) is 10.8. The minimum absolute atomic E-state index is 0.0567. The van der Waals surface area contributed by atoms with Crippen molar-refractivity contribution >= 4 is 27.3 Å². The van der Waals surface area contributed by atoms with Crippen LogP contribution in [0.5, 0.6) is 0 Å². The van der Waals surface area contributed by atoms with Gasteiger partial charge in [0.1, 0.15) is 10.0 Å². The molecular weight excluding hydrogens is 274 g/mol. The van der Waals surface area contributed by atoms with Gasteiger partial charge in [-0.15, -0.1) is 10.2 Å². The van der Waals surface area contributed by atoms with Gasteiger partial charge in [-0.3, -0.25) is 0 Å². The predicted octanol–water partition coefficient (Wildman–Crippen LogP) is 2.99. The second-order valence-corrected chi connectivity index (χ2v) is 5.08. The largest absolute Gasteiger partial charge is 0.322 e. The van der Waals surface area contributed by atoms with E-state index in [-0.39, 0.29) is 6.04 Å². The number of hydrogen-bond acceptors (Lipinski definition) is 4. The van der Waals surface area contributed by atoms with Gasteiger partial charge in [-0.05, 0) is 13.0 Å². The summed E-state index contributed by atoms with van der Waals surface area (Å²) in [6.07, 6.45) is 0. The average molecular weight is 284 g/mol. The van der Waals surface area contributed by atoms with Crippen LogP contribution in [0.15, 0.2) is 28.7 Å². The molecule has 1 aromatic heterocycles. The Bertz CT molecular complexity index is 467. The van der Waals surface area contributed by atoms with Crippen LogP contribution in [0.25, 0.3) is 10.6 Å². The van der Waals surface area contributed by atoms with Gasteiger partial charge in [-0.2, -0.15) is 0 Å². The van der Waals surface area contributed by atoms with E-state index < -0.39 is 0 Å². The van der Waals surface area contributed by atoms with Gasteiger partial charge in [0, 0.05) is 10.0 Å². The molecule has 2 aromatic rings. The van der Waals surface area contributed by atoms with Crippen LogP contribution in [0.4, 0.5) is 0 Å². The number of benzene rings is 1. The van der Waals surface area contributed by atoms with Gasteiger partial charge in [-0.1, -0.05) is 45.5 Å². The van der Waals surface area contributed by atoms with E-state index >= 15 is 0 Å². The third kappa shape index (κ3) is 2.25. The quantitative estimate of drug-likeness (QED) is 0.922. The predicted molar refractivity (Wildman–Crippen MR) is 65.6 cm³/mol. The van der Waals surface area contributed by atoms with Gasteiger partial charge in [0.05, 0.1) is 6.04 Å². The van der Waals surface area contributed by atoms with E-state index in [1.807, 2.05) is 31.2 Å². The minimum atomic E-state index is -0.0567. The van der Waals surface area contributed by atoms with Crippen molar-refractivity contribution in [3.8, 4) is 10.6 Å². The number of nitrogens with zero attached hydrogens (tertiary/aromatic N) is 2. The Morgan fingerprint density at radius 2 is 2.07 bits per heavy atom. The second kappa shape index (κ2) is 4.38. The molecule has 1 atom stereocenters. The van der Waals surface area contributed by atoms with E-state index in [1.54, 1.807) is 0 Å². The van der Waals surface area contributed by atoms with Crippen LogP contribution in [0.1, 0.15) is 18.0 Å². The Morgan fingerprint density at radius 3 is 2.67 bits per heavy atom. The number of nitrogens with two attached hydrogens (primary N) is 1. The molecule has 0 fully saturated rings. The third-order valence-corrected chi connectivity index (χ3v) is 3.78. The van der Waals surface area contributed by atoms with Crippen molar-refractivity contribution in [3.63, 3.8) is 0 Å². The van der Waals surface area contributed by atoms with Crippen LogP contribution in [0, 0.1) is 0 Å². The van der Waals surface area contributed by atoms with Crippen LogP contribution in [-0.4, -0.2) is 10.2 Å². The SMILES string of the molecule is CC(N)c1nnc(-c2ccccc2Br)s1. The highest BCUT2D eigenvalue weighted by Crippen LogP contribution is 2.31. The van der Waals surface area contributed by atoms with Crippen LogP contribution >= 0.6 is 27.3 Å². The molecular formula is C10H10BrN3S. The molecule has 2 rings (SSSR count). The summed E-state index contributed by atoms with van der Waals surface area (Å²) in [4.78, 5) is 0. The number of aromatic nitrogens is 2. The summed E-state index contributed by atoms with van der Waals surface area (Å²) in [7, 11) is 0. The van der Waals surface area contributed by atoms with E-state index in [0.717, 1.165) is 20.1 Å². The lowest BCUT2D eigenvalue weighted by molar-refractivity contribution is 0.786. The Kier molecular flexibility index (Phi) is 3.14. The average Bonchev–Trinajstić information content (AvgIpc) is 2.67. The summed E-state index contributed by atoms with van der Waals surface area (Å²) in [6.45, 7) is 1.91. The standard InChI is InChI=1S/C10H10BrN3S/c1-6(12)9-13-14-10(15-9)7-4-2-3-5-8(7)11/h2-6H,12H2,1H3. The molecule has 0 aliphatic rings. The van der Waals surface area contributed by atoms with E-state index in [9.17, 15) is 0 Å². The molecule has 1 aromatic carbocycles. The molecule has 1 heterocycles. The molecule has 0 saturated heterocycles. The zero-order valence-electron chi connectivity index (χ0n) is 8.14. The van der Waals surface area contributed by atoms with Gasteiger partial charge >= 0.3 is 0 Å². The van der Waals surface area contributed by atoms with Gasteiger partial charge in [0.15, 0.2) is 0 Å². The van der Waals surface area contributed by atoms with Gasteiger partial charge in [-0.25, -0.2) is 0 Å². The molecule has 1 unspecified atom stereocenters. The van der Waals surface area contributed by atoms with Crippen LogP contribution in [-0.2, 0) is 0 Å².